The minimum Gasteiger partial charge on any atom is -0.335 e. The fourth-order valence-corrected chi connectivity index (χ4v) is 5.25. The Morgan fingerprint density at radius 1 is 1.00 bits per heavy atom. The molecule has 0 N–H and O–H groups in total. The Balaban J connectivity index is 1.58. The topological polar surface area (TPSA) is 23.6 Å². The summed E-state index contributed by atoms with van der Waals surface area (Å²) in [7, 11) is 2.26. The van der Waals surface area contributed by atoms with E-state index in [1.165, 1.54) is 18.4 Å². The van der Waals surface area contributed by atoms with Crippen LogP contribution in [0.1, 0.15) is 52.7 Å². The van der Waals surface area contributed by atoms with E-state index in [1.54, 1.807) is 0 Å². The van der Waals surface area contributed by atoms with E-state index in [4.69, 9.17) is 0 Å². The minimum atomic E-state index is 0.205. The quantitative estimate of drug-likeness (QED) is 0.761. The molecule has 2 heterocycles. The number of nitrogens with zero attached hydrogens (tertiary/aromatic N) is 2. The van der Waals surface area contributed by atoms with Crippen LogP contribution in [0.5, 0.6) is 0 Å². The first kappa shape index (κ1) is 19.2. The molecular formula is C25H32N2O. The van der Waals surface area contributed by atoms with E-state index in [0.717, 1.165) is 42.5 Å². The third kappa shape index (κ3) is 4.00. The zero-order valence-corrected chi connectivity index (χ0v) is 17.4. The molecule has 0 spiro atoms. The van der Waals surface area contributed by atoms with Crippen LogP contribution in [0.15, 0.2) is 48.5 Å². The lowest BCUT2D eigenvalue weighted by Crippen LogP contribution is -2.51. The van der Waals surface area contributed by atoms with Crippen molar-refractivity contribution in [2.75, 3.05) is 13.6 Å². The van der Waals surface area contributed by atoms with Crippen molar-refractivity contribution in [2.45, 2.75) is 64.1 Å². The molecule has 148 valence electrons. The lowest BCUT2D eigenvalue weighted by molar-refractivity contribution is 0.0488. The van der Waals surface area contributed by atoms with Crippen LogP contribution in [-0.4, -0.2) is 47.4 Å². The number of amides is 1. The molecule has 1 amide bonds. The molecule has 0 aromatic heterocycles. The largest absolute Gasteiger partial charge is 0.335 e. The highest BCUT2D eigenvalue weighted by atomic mass is 16.2. The van der Waals surface area contributed by atoms with E-state index in [9.17, 15) is 4.79 Å². The lowest BCUT2D eigenvalue weighted by Gasteiger charge is -2.42. The van der Waals surface area contributed by atoms with Gasteiger partial charge in [0.05, 0.1) is 0 Å². The van der Waals surface area contributed by atoms with Crippen LogP contribution >= 0.6 is 0 Å². The third-order valence-corrected chi connectivity index (χ3v) is 6.73. The number of hydrogen-bond donors (Lipinski definition) is 0. The van der Waals surface area contributed by atoms with E-state index < -0.39 is 0 Å². The summed E-state index contributed by atoms with van der Waals surface area (Å²) in [6.45, 7) is 4.95. The number of fused-ring (bicyclic) bond motifs is 2. The maximum atomic E-state index is 13.6. The average molecular weight is 377 g/mol. The Morgan fingerprint density at radius 3 is 2.21 bits per heavy atom. The Hall–Kier alpha value is -2.13. The van der Waals surface area contributed by atoms with Crippen LogP contribution in [-0.2, 0) is 6.42 Å². The molecule has 4 rings (SSSR count). The van der Waals surface area contributed by atoms with E-state index in [-0.39, 0.29) is 5.91 Å². The number of rotatable bonds is 5. The van der Waals surface area contributed by atoms with Crippen molar-refractivity contribution in [3.63, 3.8) is 0 Å². The van der Waals surface area contributed by atoms with E-state index in [0.29, 0.717) is 18.1 Å². The normalized spacial score (nSPS) is 24.3. The average Bonchev–Trinajstić information content (AvgIpc) is 2.89. The number of aryl methyl sites for hydroxylation is 2. The number of benzene rings is 2. The molecule has 0 saturated carbocycles. The van der Waals surface area contributed by atoms with E-state index in [2.05, 4.69) is 79.2 Å². The summed E-state index contributed by atoms with van der Waals surface area (Å²) < 4.78 is 0. The minimum absolute atomic E-state index is 0.205. The molecule has 0 aliphatic carbocycles. The molecule has 0 unspecified atom stereocenters. The predicted octanol–water partition coefficient (Wildman–Crippen LogP) is 4.61. The summed E-state index contributed by atoms with van der Waals surface area (Å²) >= 11 is 0. The molecule has 2 fully saturated rings. The van der Waals surface area contributed by atoms with Gasteiger partial charge in [-0.15, -0.1) is 0 Å². The SMILES string of the molecule is Cc1cc(C)cc(C(=O)N(CCc2ccccc2)C2C[C@H]3CC[C@H](C2)N3C)c1. The second-order valence-electron chi connectivity index (χ2n) is 8.79. The first-order valence-corrected chi connectivity index (χ1v) is 10.7. The van der Waals surface area contributed by atoms with Crippen LogP contribution in [0.25, 0.3) is 0 Å². The molecule has 2 aromatic carbocycles. The van der Waals surface area contributed by atoms with Crippen LogP contribution in [0.2, 0.25) is 0 Å². The Kier molecular flexibility index (Phi) is 5.54. The van der Waals surface area contributed by atoms with Gasteiger partial charge in [-0.05, 0) is 70.7 Å². The Labute approximate surface area is 169 Å². The van der Waals surface area contributed by atoms with Gasteiger partial charge in [0.1, 0.15) is 0 Å². The van der Waals surface area contributed by atoms with Crippen molar-refractivity contribution >= 4 is 5.91 Å². The number of piperidine rings is 1. The lowest BCUT2D eigenvalue weighted by atomic mass is 9.95. The summed E-state index contributed by atoms with van der Waals surface area (Å²) in [5.74, 6) is 0.205. The maximum absolute atomic E-state index is 13.6. The van der Waals surface area contributed by atoms with Crippen LogP contribution < -0.4 is 0 Å². The molecule has 2 atom stereocenters. The molecular weight excluding hydrogens is 344 g/mol. The second-order valence-corrected chi connectivity index (χ2v) is 8.79. The van der Waals surface area contributed by atoms with Crippen molar-refractivity contribution in [2.24, 2.45) is 0 Å². The van der Waals surface area contributed by atoms with Gasteiger partial charge in [0.2, 0.25) is 0 Å². The third-order valence-electron chi connectivity index (χ3n) is 6.73. The smallest absolute Gasteiger partial charge is 0.254 e. The van der Waals surface area contributed by atoms with Crippen molar-refractivity contribution in [1.82, 2.24) is 9.80 Å². The predicted molar refractivity (Wildman–Crippen MR) is 115 cm³/mol. The molecule has 28 heavy (non-hydrogen) atoms. The zero-order chi connectivity index (χ0) is 19.7. The van der Waals surface area contributed by atoms with Gasteiger partial charge in [-0.3, -0.25) is 4.79 Å². The van der Waals surface area contributed by atoms with Crippen molar-refractivity contribution in [3.05, 3.63) is 70.8 Å². The maximum Gasteiger partial charge on any atom is 0.254 e. The summed E-state index contributed by atoms with van der Waals surface area (Å²) in [5, 5.41) is 0. The van der Waals surface area contributed by atoms with E-state index in [1.807, 2.05) is 0 Å². The monoisotopic (exact) mass is 376 g/mol. The van der Waals surface area contributed by atoms with Crippen molar-refractivity contribution < 1.29 is 4.79 Å². The fraction of sp³-hybridized carbons (Fsp3) is 0.480. The summed E-state index contributed by atoms with van der Waals surface area (Å²) in [6, 6.07) is 18.4. The first-order chi connectivity index (χ1) is 13.5. The molecule has 2 saturated heterocycles. The Morgan fingerprint density at radius 2 is 1.61 bits per heavy atom. The molecule has 2 aliphatic heterocycles. The first-order valence-electron chi connectivity index (χ1n) is 10.7. The van der Waals surface area contributed by atoms with Gasteiger partial charge in [-0.2, -0.15) is 0 Å². The van der Waals surface area contributed by atoms with Crippen LogP contribution in [0.3, 0.4) is 0 Å². The van der Waals surface area contributed by atoms with Gasteiger partial charge in [0, 0.05) is 30.2 Å². The van der Waals surface area contributed by atoms with E-state index >= 15 is 0 Å². The van der Waals surface area contributed by atoms with Gasteiger partial charge in [0.15, 0.2) is 0 Å². The summed E-state index contributed by atoms with van der Waals surface area (Å²) in [4.78, 5) is 18.3. The molecule has 3 heteroatoms. The molecule has 2 bridgehead atoms. The Bertz CT molecular complexity index is 797. The van der Waals surface area contributed by atoms with Crippen molar-refractivity contribution in [1.29, 1.82) is 0 Å². The summed E-state index contributed by atoms with van der Waals surface area (Å²) in [5.41, 5.74) is 4.47. The molecule has 2 aromatic rings. The highest BCUT2D eigenvalue weighted by Gasteiger charge is 2.41. The highest BCUT2D eigenvalue weighted by molar-refractivity contribution is 5.95. The van der Waals surface area contributed by atoms with Gasteiger partial charge in [-0.25, -0.2) is 0 Å². The van der Waals surface area contributed by atoms with Crippen LogP contribution in [0, 0.1) is 13.8 Å². The zero-order valence-electron chi connectivity index (χ0n) is 17.4. The second kappa shape index (κ2) is 8.08. The van der Waals surface area contributed by atoms with Crippen molar-refractivity contribution in [3.8, 4) is 0 Å². The van der Waals surface area contributed by atoms with Gasteiger partial charge < -0.3 is 9.80 Å². The van der Waals surface area contributed by atoms with Gasteiger partial charge >= 0.3 is 0 Å². The molecule has 0 radical (unpaired) electrons. The fourth-order valence-electron chi connectivity index (χ4n) is 5.25. The standard InChI is InChI=1S/C25H32N2O/c1-18-13-19(2)15-21(14-18)25(28)27(12-11-20-7-5-4-6-8-20)24-16-22-9-10-23(17-24)26(22)3/h4-8,13-15,22-24H,9-12,16-17H2,1-3H3/t22-,23-/m1/s1. The van der Waals surface area contributed by atoms with Gasteiger partial charge in [0.25, 0.3) is 5.91 Å². The number of carbonyl (C=O) groups is 1. The molecule has 3 nitrogen and oxygen atoms in total. The molecule has 2 aliphatic rings. The van der Waals surface area contributed by atoms with Crippen LogP contribution in [0.4, 0.5) is 0 Å². The highest BCUT2D eigenvalue weighted by Crippen LogP contribution is 2.36. The summed E-state index contributed by atoms with van der Waals surface area (Å²) in [6.07, 6.45) is 5.69. The van der Waals surface area contributed by atoms with Gasteiger partial charge in [-0.1, -0.05) is 47.5 Å². The number of hydrogen-bond acceptors (Lipinski definition) is 2. The number of carbonyl (C=O) groups excluding carboxylic acids is 1.